The van der Waals surface area contributed by atoms with Gasteiger partial charge >= 0.3 is 0 Å². The van der Waals surface area contributed by atoms with Crippen LogP contribution in [-0.2, 0) is 6.54 Å². The predicted molar refractivity (Wildman–Crippen MR) is 93.9 cm³/mol. The molecular formula is C17H27BrClN. The summed E-state index contributed by atoms with van der Waals surface area (Å²) in [5.41, 5.74) is 1.23. The number of rotatable bonds is 11. The van der Waals surface area contributed by atoms with Crippen molar-refractivity contribution in [1.29, 1.82) is 0 Å². The maximum absolute atomic E-state index is 6.18. The van der Waals surface area contributed by atoms with Crippen molar-refractivity contribution in [3.63, 3.8) is 0 Å². The number of alkyl halides is 1. The Hall–Kier alpha value is -0.0500. The van der Waals surface area contributed by atoms with E-state index in [1.807, 2.05) is 12.1 Å². The molecule has 1 aromatic carbocycles. The molecule has 1 aromatic rings. The van der Waals surface area contributed by atoms with E-state index in [-0.39, 0.29) is 0 Å². The van der Waals surface area contributed by atoms with Gasteiger partial charge in [0.1, 0.15) is 0 Å². The lowest BCUT2D eigenvalue weighted by Gasteiger charge is -2.17. The minimum Gasteiger partial charge on any atom is -0.302 e. The highest BCUT2D eigenvalue weighted by Crippen LogP contribution is 2.16. The first-order valence-corrected chi connectivity index (χ1v) is 9.22. The molecule has 0 radical (unpaired) electrons. The van der Waals surface area contributed by atoms with Gasteiger partial charge in [-0.25, -0.2) is 0 Å². The summed E-state index contributed by atoms with van der Waals surface area (Å²) in [5, 5.41) is 2.03. The molecule has 0 saturated heterocycles. The van der Waals surface area contributed by atoms with Gasteiger partial charge in [-0.05, 0) is 38.1 Å². The molecule has 1 rings (SSSR count). The van der Waals surface area contributed by atoms with E-state index in [1.165, 1.54) is 50.5 Å². The van der Waals surface area contributed by atoms with Crippen molar-refractivity contribution in [2.45, 2.75) is 51.5 Å². The molecule has 0 spiro atoms. The van der Waals surface area contributed by atoms with Crippen molar-refractivity contribution >= 4 is 27.5 Å². The molecule has 0 aliphatic carbocycles. The highest BCUT2D eigenvalue weighted by Gasteiger charge is 2.03. The summed E-state index contributed by atoms with van der Waals surface area (Å²) in [6.45, 7) is 2.11. The Labute approximate surface area is 137 Å². The number of halogens is 2. The van der Waals surface area contributed by atoms with Gasteiger partial charge in [-0.2, -0.15) is 0 Å². The molecule has 0 unspecified atom stereocenters. The summed E-state index contributed by atoms with van der Waals surface area (Å²) in [7, 11) is 2.18. The maximum atomic E-state index is 6.18. The Balaban J connectivity index is 2.03. The third kappa shape index (κ3) is 8.28. The average Bonchev–Trinajstić information content (AvgIpc) is 2.44. The van der Waals surface area contributed by atoms with Crippen LogP contribution < -0.4 is 0 Å². The lowest BCUT2D eigenvalue weighted by molar-refractivity contribution is 0.316. The van der Waals surface area contributed by atoms with Gasteiger partial charge in [0, 0.05) is 16.9 Å². The van der Waals surface area contributed by atoms with Crippen molar-refractivity contribution in [2.24, 2.45) is 0 Å². The highest BCUT2D eigenvalue weighted by atomic mass is 79.9. The van der Waals surface area contributed by atoms with E-state index in [1.54, 1.807) is 0 Å². The minimum absolute atomic E-state index is 0.881. The van der Waals surface area contributed by atoms with Gasteiger partial charge in [-0.15, -0.1) is 0 Å². The molecule has 0 amide bonds. The van der Waals surface area contributed by atoms with Crippen LogP contribution in [0.3, 0.4) is 0 Å². The standard InChI is InChI=1S/C17H27BrClN/c1-20(15-16-11-7-8-12-17(16)19)14-10-6-4-2-3-5-9-13-18/h7-8,11-12H,2-6,9-10,13-15H2,1H3. The second-order valence-corrected chi connectivity index (χ2v) is 6.69. The first kappa shape index (κ1) is 18.0. The number of nitrogens with zero attached hydrogens (tertiary/aromatic N) is 1. The van der Waals surface area contributed by atoms with Crippen molar-refractivity contribution in [3.05, 3.63) is 34.9 Å². The van der Waals surface area contributed by atoms with Crippen LogP contribution in [-0.4, -0.2) is 23.8 Å². The average molecular weight is 361 g/mol. The first-order valence-electron chi connectivity index (χ1n) is 7.72. The van der Waals surface area contributed by atoms with E-state index in [4.69, 9.17) is 11.6 Å². The zero-order valence-electron chi connectivity index (χ0n) is 12.6. The van der Waals surface area contributed by atoms with Crippen molar-refractivity contribution < 1.29 is 0 Å². The molecule has 0 heterocycles. The van der Waals surface area contributed by atoms with Gasteiger partial charge < -0.3 is 4.90 Å². The Bertz CT molecular complexity index is 357. The Morgan fingerprint density at radius 3 is 2.20 bits per heavy atom. The van der Waals surface area contributed by atoms with Crippen LogP contribution in [0.1, 0.15) is 50.5 Å². The van der Waals surface area contributed by atoms with E-state index in [2.05, 4.69) is 40.0 Å². The second-order valence-electron chi connectivity index (χ2n) is 5.49. The third-order valence-corrected chi connectivity index (χ3v) is 4.50. The smallest absolute Gasteiger partial charge is 0.0451 e. The second kappa shape index (κ2) is 11.6. The molecule has 114 valence electrons. The van der Waals surface area contributed by atoms with Crippen LogP contribution in [0.15, 0.2) is 24.3 Å². The number of hydrogen-bond donors (Lipinski definition) is 0. The van der Waals surface area contributed by atoms with Crippen molar-refractivity contribution in [2.75, 3.05) is 18.9 Å². The quantitative estimate of drug-likeness (QED) is 0.351. The van der Waals surface area contributed by atoms with Gasteiger partial charge in [-0.1, -0.05) is 77.8 Å². The zero-order chi connectivity index (χ0) is 14.6. The number of unbranched alkanes of at least 4 members (excludes halogenated alkanes) is 6. The third-order valence-electron chi connectivity index (χ3n) is 3.57. The minimum atomic E-state index is 0.881. The monoisotopic (exact) mass is 359 g/mol. The van der Waals surface area contributed by atoms with Gasteiger partial charge in [0.25, 0.3) is 0 Å². The highest BCUT2D eigenvalue weighted by molar-refractivity contribution is 9.09. The van der Waals surface area contributed by atoms with Gasteiger partial charge in [0.15, 0.2) is 0 Å². The normalized spacial score (nSPS) is 11.2. The predicted octanol–water partition coefficient (Wildman–Crippen LogP) is 5.90. The zero-order valence-corrected chi connectivity index (χ0v) is 14.9. The van der Waals surface area contributed by atoms with E-state index < -0.39 is 0 Å². The van der Waals surface area contributed by atoms with Gasteiger partial charge in [0.2, 0.25) is 0 Å². The summed E-state index contributed by atoms with van der Waals surface area (Å²) in [4.78, 5) is 2.37. The molecule has 0 aliphatic rings. The fraction of sp³-hybridized carbons (Fsp3) is 0.647. The number of benzene rings is 1. The molecule has 0 aromatic heterocycles. The van der Waals surface area contributed by atoms with Gasteiger partial charge in [0.05, 0.1) is 0 Å². The topological polar surface area (TPSA) is 3.24 Å². The molecule has 3 heteroatoms. The Kier molecular flexibility index (Phi) is 10.4. The van der Waals surface area contributed by atoms with E-state index in [0.29, 0.717) is 0 Å². The fourth-order valence-corrected chi connectivity index (χ4v) is 2.95. The first-order chi connectivity index (χ1) is 9.74. The number of hydrogen-bond acceptors (Lipinski definition) is 1. The summed E-state index contributed by atoms with van der Waals surface area (Å²) in [6, 6.07) is 8.13. The molecule has 0 atom stereocenters. The lowest BCUT2D eigenvalue weighted by Crippen LogP contribution is -2.19. The van der Waals surface area contributed by atoms with Crippen LogP contribution in [0, 0.1) is 0 Å². The molecular weight excluding hydrogens is 334 g/mol. The van der Waals surface area contributed by atoms with Crippen LogP contribution in [0.4, 0.5) is 0 Å². The molecule has 1 nitrogen and oxygen atoms in total. The summed E-state index contributed by atoms with van der Waals surface area (Å²) >= 11 is 9.66. The molecule has 0 N–H and O–H groups in total. The Morgan fingerprint density at radius 1 is 0.950 bits per heavy atom. The van der Waals surface area contributed by atoms with Crippen LogP contribution >= 0.6 is 27.5 Å². The lowest BCUT2D eigenvalue weighted by atomic mass is 10.1. The molecule has 0 fully saturated rings. The van der Waals surface area contributed by atoms with Gasteiger partial charge in [-0.3, -0.25) is 0 Å². The Morgan fingerprint density at radius 2 is 1.55 bits per heavy atom. The van der Waals surface area contributed by atoms with E-state index in [9.17, 15) is 0 Å². The van der Waals surface area contributed by atoms with Crippen molar-refractivity contribution in [3.8, 4) is 0 Å². The van der Waals surface area contributed by atoms with E-state index in [0.717, 1.165) is 23.4 Å². The maximum Gasteiger partial charge on any atom is 0.0451 e. The largest absolute Gasteiger partial charge is 0.302 e. The summed E-state index contributed by atoms with van der Waals surface area (Å²) < 4.78 is 0. The molecule has 0 saturated carbocycles. The summed E-state index contributed by atoms with van der Waals surface area (Å²) in [6.07, 6.45) is 9.49. The van der Waals surface area contributed by atoms with E-state index >= 15 is 0 Å². The molecule has 20 heavy (non-hydrogen) atoms. The molecule has 0 aliphatic heterocycles. The van der Waals surface area contributed by atoms with Crippen LogP contribution in [0.2, 0.25) is 5.02 Å². The SMILES string of the molecule is CN(CCCCCCCCCBr)Cc1ccccc1Cl. The van der Waals surface area contributed by atoms with Crippen LogP contribution in [0.5, 0.6) is 0 Å². The fourth-order valence-electron chi connectivity index (χ4n) is 2.36. The summed E-state index contributed by atoms with van der Waals surface area (Å²) in [5.74, 6) is 0. The van der Waals surface area contributed by atoms with Crippen LogP contribution in [0.25, 0.3) is 0 Å². The molecule has 0 bridgehead atoms. The van der Waals surface area contributed by atoms with Crippen molar-refractivity contribution in [1.82, 2.24) is 4.90 Å².